The van der Waals surface area contributed by atoms with E-state index in [1.165, 1.54) is 11.3 Å². The van der Waals surface area contributed by atoms with E-state index in [-0.39, 0.29) is 5.91 Å². The van der Waals surface area contributed by atoms with Crippen molar-refractivity contribution in [2.75, 3.05) is 11.9 Å². The Hall–Kier alpha value is -2.10. The molecule has 21 heavy (non-hydrogen) atoms. The van der Waals surface area contributed by atoms with Crippen LogP contribution in [0.1, 0.15) is 32.7 Å². The molecule has 0 saturated heterocycles. The Kier molecular flexibility index (Phi) is 4.78. The molecule has 0 spiro atoms. The van der Waals surface area contributed by atoms with Gasteiger partial charge in [-0.1, -0.05) is 18.8 Å². The van der Waals surface area contributed by atoms with Gasteiger partial charge in [-0.25, -0.2) is 0 Å². The molecule has 0 aliphatic rings. The van der Waals surface area contributed by atoms with Crippen molar-refractivity contribution in [1.29, 1.82) is 0 Å². The third kappa shape index (κ3) is 3.51. The van der Waals surface area contributed by atoms with Gasteiger partial charge in [-0.3, -0.25) is 9.48 Å². The zero-order valence-electron chi connectivity index (χ0n) is 12.4. The molecule has 2 heterocycles. The van der Waals surface area contributed by atoms with Crippen LogP contribution < -0.4 is 11.1 Å². The Balaban J connectivity index is 2.20. The van der Waals surface area contributed by atoms with Crippen molar-refractivity contribution in [1.82, 2.24) is 9.78 Å². The minimum atomic E-state index is -0.133. The van der Waals surface area contributed by atoms with Crippen LogP contribution in [0.25, 0.3) is 0 Å². The molecular weight excluding hydrogens is 284 g/mol. The van der Waals surface area contributed by atoms with Crippen LogP contribution in [-0.2, 0) is 13.5 Å². The highest BCUT2D eigenvalue weighted by atomic mass is 32.1. The maximum absolute atomic E-state index is 12.3. The average Bonchev–Trinajstić information content (AvgIpc) is 2.99. The van der Waals surface area contributed by atoms with E-state index in [0.717, 1.165) is 28.2 Å². The van der Waals surface area contributed by atoms with Crippen molar-refractivity contribution in [3.05, 3.63) is 33.3 Å². The topological polar surface area (TPSA) is 72.9 Å². The van der Waals surface area contributed by atoms with E-state index in [2.05, 4.69) is 22.3 Å². The Bertz CT molecular complexity index is 718. The smallest absolute Gasteiger partial charge is 0.265 e. The summed E-state index contributed by atoms with van der Waals surface area (Å²) in [6.45, 7) is 4.26. The van der Waals surface area contributed by atoms with Crippen LogP contribution in [0.3, 0.4) is 0 Å². The monoisotopic (exact) mass is 302 g/mol. The second kappa shape index (κ2) is 6.57. The Labute approximate surface area is 128 Å². The largest absolute Gasteiger partial charge is 0.320 e. The van der Waals surface area contributed by atoms with Gasteiger partial charge in [0.05, 0.1) is 27.7 Å². The first-order valence-electron chi connectivity index (χ1n) is 6.68. The SMILES string of the molecule is CCc1nn(C)cc1NC(=O)c1cc(C)c(C#CCN)s1. The summed E-state index contributed by atoms with van der Waals surface area (Å²) in [6, 6.07) is 1.85. The number of nitrogens with two attached hydrogens (primary N) is 1. The molecular formula is C15H18N4OS. The normalized spacial score (nSPS) is 10.1. The third-order valence-corrected chi connectivity index (χ3v) is 4.09. The van der Waals surface area contributed by atoms with Gasteiger partial charge in [0.25, 0.3) is 5.91 Å². The fraction of sp³-hybridized carbons (Fsp3) is 0.333. The van der Waals surface area contributed by atoms with Gasteiger partial charge in [0.1, 0.15) is 0 Å². The molecule has 2 aromatic rings. The molecule has 5 nitrogen and oxygen atoms in total. The molecule has 3 N–H and O–H groups in total. The van der Waals surface area contributed by atoms with E-state index in [0.29, 0.717) is 11.4 Å². The van der Waals surface area contributed by atoms with Gasteiger partial charge in [-0.15, -0.1) is 11.3 Å². The lowest BCUT2D eigenvalue weighted by Crippen LogP contribution is -2.10. The van der Waals surface area contributed by atoms with E-state index in [9.17, 15) is 4.79 Å². The van der Waals surface area contributed by atoms with Gasteiger partial charge in [0, 0.05) is 13.2 Å². The van der Waals surface area contributed by atoms with Crippen molar-refractivity contribution < 1.29 is 4.79 Å². The van der Waals surface area contributed by atoms with E-state index in [4.69, 9.17) is 5.73 Å². The second-order valence-corrected chi connectivity index (χ2v) is 5.65. The van der Waals surface area contributed by atoms with Crippen LogP contribution in [0.5, 0.6) is 0 Å². The highest BCUT2D eigenvalue weighted by molar-refractivity contribution is 7.14. The van der Waals surface area contributed by atoms with Crippen LogP contribution in [0.2, 0.25) is 0 Å². The van der Waals surface area contributed by atoms with Crippen LogP contribution in [0, 0.1) is 18.8 Å². The summed E-state index contributed by atoms with van der Waals surface area (Å²) >= 11 is 1.38. The molecule has 0 atom stereocenters. The predicted molar refractivity (Wildman–Crippen MR) is 85.5 cm³/mol. The first-order chi connectivity index (χ1) is 10.0. The first-order valence-corrected chi connectivity index (χ1v) is 7.50. The lowest BCUT2D eigenvalue weighted by Gasteiger charge is -2.01. The van der Waals surface area contributed by atoms with Crippen molar-refractivity contribution >= 4 is 22.9 Å². The van der Waals surface area contributed by atoms with E-state index in [1.54, 1.807) is 4.68 Å². The number of rotatable bonds is 3. The summed E-state index contributed by atoms with van der Waals surface area (Å²) in [6.07, 6.45) is 2.58. The number of hydrogen-bond acceptors (Lipinski definition) is 4. The summed E-state index contributed by atoms with van der Waals surface area (Å²) in [7, 11) is 1.84. The summed E-state index contributed by atoms with van der Waals surface area (Å²) < 4.78 is 1.70. The first kappa shape index (κ1) is 15.3. The molecule has 1 amide bonds. The summed E-state index contributed by atoms with van der Waals surface area (Å²) in [4.78, 5) is 13.8. The Morgan fingerprint density at radius 1 is 1.57 bits per heavy atom. The van der Waals surface area contributed by atoms with E-state index < -0.39 is 0 Å². The van der Waals surface area contributed by atoms with E-state index >= 15 is 0 Å². The molecule has 0 saturated carbocycles. The number of carbonyl (C=O) groups excluding carboxylic acids is 1. The van der Waals surface area contributed by atoms with Gasteiger partial charge < -0.3 is 11.1 Å². The minimum absolute atomic E-state index is 0.133. The standard InChI is InChI=1S/C15H18N4OS/c1-4-11-12(9-19(3)18-11)17-15(20)14-8-10(2)13(21-14)6-5-7-16/h8-9H,4,7,16H2,1-3H3,(H,17,20). The van der Waals surface area contributed by atoms with Crippen molar-refractivity contribution in [3.63, 3.8) is 0 Å². The number of aryl methyl sites for hydroxylation is 3. The van der Waals surface area contributed by atoms with Crippen LogP contribution in [0.4, 0.5) is 5.69 Å². The number of nitrogens with zero attached hydrogens (tertiary/aromatic N) is 2. The molecule has 0 unspecified atom stereocenters. The number of hydrogen-bond donors (Lipinski definition) is 2. The van der Waals surface area contributed by atoms with Crippen LogP contribution in [-0.4, -0.2) is 22.2 Å². The molecule has 0 fully saturated rings. The Morgan fingerprint density at radius 3 is 3.00 bits per heavy atom. The number of thiophene rings is 1. The third-order valence-electron chi connectivity index (χ3n) is 2.93. The highest BCUT2D eigenvalue weighted by Gasteiger charge is 2.14. The van der Waals surface area contributed by atoms with Crippen LogP contribution >= 0.6 is 11.3 Å². The number of anilines is 1. The molecule has 0 aliphatic heterocycles. The van der Waals surface area contributed by atoms with Crippen LogP contribution in [0.15, 0.2) is 12.3 Å². The average molecular weight is 302 g/mol. The quantitative estimate of drug-likeness (QED) is 0.851. The molecule has 2 aromatic heterocycles. The maximum atomic E-state index is 12.3. The molecule has 0 radical (unpaired) electrons. The highest BCUT2D eigenvalue weighted by Crippen LogP contribution is 2.23. The Morgan fingerprint density at radius 2 is 2.33 bits per heavy atom. The van der Waals surface area contributed by atoms with Gasteiger partial charge >= 0.3 is 0 Å². The fourth-order valence-electron chi connectivity index (χ4n) is 1.93. The zero-order chi connectivity index (χ0) is 15.4. The van der Waals surface area contributed by atoms with Gasteiger partial charge in [-0.2, -0.15) is 5.10 Å². The second-order valence-electron chi connectivity index (χ2n) is 4.60. The number of amides is 1. The van der Waals surface area contributed by atoms with Crippen molar-refractivity contribution in [3.8, 4) is 11.8 Å². The lowest BCUT2D eigenvalue weighted by atomic mass is 10.2. The molecule has 0 aromatic carbocycles. The number of carbonyl (C=O) groups is 1. The number of aromatic nitrogens is 2. The summed E-state index contributed by atoms with van der Waals surface area (Å²) in [5.74, 6) is 5.66. The maximum Gasteiger partial charge on any atom is 0.265 e. The molecule has 6 heteroatoms. The van der Waals surface area contributed by atoms with Gasteiger partial charge in [0.15, 0.2) is 0 Å². The minimum Gasteiger partial charge on any atom is -0.320 e. The fourth-order valence-corrected chi connectivity index (χ4v) is 2.88. The van der Waals surface area contributed by atoms with Crippen molar-refractivity contribution in [2.45, 2.75) is 20.3 Å². The molecule has 2 rings (SSSR count). The van der Waals surface area contributed by atoms with E-state index in [1.807, 2.05) is 33.2 Å². The molecule has 0 aliphatic carbocycles. The lowest BCUT2D eigenvalue weighted by molar-refractivity contribution is 0.103. The predicted octanol–water partition coefficient (Wildman–Crippen LogP) is 1.91. The molecule has 110 valence electrons. The zero-order valence-corrected chi connectivity index (χ0v) is 13.2. The van der Waals surface area contributed by atoms with Gasteiger partial charge in [0.2, 0.25) is 0 Å². The molecule has 0 bridgehead atoms. The van der Waals surface area contributed by atoms with Crippen molar-refractivity contribution in [2.24, 2.45) is 12.8 Å². The number of nitrogens with one attached hydrogen (secondary N) is 1. The summed E-state index contributed by atoms with van der Waals surface area (Å²) in [5, 5.41) is 7.22. The van der Waals surface area contributed by atoms with Gasteiger partial charge in [-0.05, 0) is 25.0 Å². The summed E-state index contributed by atoms with van der Waals surface area (Å²) in [5.41, 5.74) is 8.00.